The maximum atomic E-state index is 5.90. The Kier molecular flexibility index (Phi) is 5.10. The molecule has 0 unspecified atom stereocenters. The van der Waals surface area contributed by atoms with Crippen LogP contribution in [0.2, 0.25) is 5.02 Å². The second kappa shape index (κ2) is 7.44. The Morgan fingerprint density at radius 1 is 1.09 bits per heavy atom. The third-order valence-electron chi connectivity index (χ3n) is 3.26. The fraction of sp³-hybridized carbons (Fsp3) is 0.118. The lowest BCUT2D eigenvalue weighted by Gasteiger charge is -2.03. The van der Waals surface area contributed by atoms with Crippen LogP contribution in [0, 0.1) is 0 Å². The average Bonchev–Trinajstić information content (AvgIpc) is 2.97. The maximum Gasteiger partial charge on any atom is 0.211 e. The van der Waals surface area contributed by atoms with Gasteiger partial charge in [-0.25, -0.2) is 0 Å². The van der Waals surface area contributed by atoms with Crippen molar-refractivity contribution in [2.75, 3.05) is 6.26 Å². The Morgan fingerprint density at radius 2 is 1.83 bits per heavy atom. The first-order valence-electron chi connectivity index (χ1n) is 7.08. The minimum Gasteiger partial charge on any atom is -0.191 e. The molecule has 6 heteroatoms. The summed E-state index contributed by atoms with van der Waals surface area (Å²) in [6, 6.07) is 17.7. The molecule has 0 aliphatic carbocycles. The van der Waals surface area contributed by atoms with Crippen molar-refractivity contribution in [1.29, 1.82) is 0 Å². The molecule has 1 heterocycles. The second-order valence-corrected chi connectivity index (χ2v) is 6.08. The standard InChI is InChI=1S/C17H15ClN4S/c1-23-17-21-20-16(11-13-5-3-2-4-6-13)22(17)19-12-14-7-9-15(18)10-8-14/h2-10,12H,11H2,1H3/b19-12-. The molecule has 0 saturated carbocycles. The number of thioether (sulfide) groups is 1. The molecule has 0 atom stereocenters. The molecular weight excluding hydrogens is 328 g/mol. The zero-order valence-electron chi connectivity index (χ0n) is 12.6. The van der Waals surface area contributed by atoms with Gasteiger partial charge in [0.25, 0.3) is 0 Å². The van der Waals surface area contributed by atoms with Crippen LogP contribution in [0.1, 0.15) is 17.0 Å². The zero-order chi connectivity index (χ0) is 16.1. The fourth-order valence-electron chi connectivity index (χ4n) is 2.10. The number of benzene rings is 2. The second-order valence-electron chi connectivity index (χ2n) is 4.87. The van der Waals surface area contributed by atoms with E-state index in [9.17, 15) is 0 Å². The van der Waals surface area contributed by atoms with Gasteiger partial charge in [0.05, 0.1) is 6.21 Å². The summed E-state index contributed by atoms with van der Waals surface area (Å²) in [4.78, 5) is 0. The molecule has 0 aliphatic heterocycles. The number of hydrogen-bond donors (Lipinski definition) is 0. The first-order valence-corrected chi connectivity index (χ1v) is 8.68. The van der Waals surface area contributed by atoms with Crippen molar-refractivity contribution in [2.24, 2.45) is 5.10 Å². The topological polar surface area (TPSA) is 43.1 Å². The molecule has 116 valence electrons. The monoisotopic (exact) mass is 342 g/mol. The summed E-state index contributed by atoms with van der Waals surface area (Å²) in [6.07, 6.45) is 4.44. The molecule has 0 aliphatic rings. The minimum atomic E-state index is 0.687. The SMILES string of the molecule is CSc1nnc(Cc2ccccc2)n1/N=C\c1ccc(Cl)cc1. The Balaban J connectivity index is 1.88. The van der Waals surface area contributed by atoms with Gasteiger partial charge in [-0.3, -0.25) is 0 Å². The summed E-state index contributed by atoms with van der Waals surface area (Å²) in [7, 11) is 0. The molecule has 0 saturated heterocycles. The molecule has 0 radical (unpaired) electrons. The number of halogens is 1. The third-order valence-corrected chi connectivity index (χ3v) is 4.13. The average molecular weight is 343 g/mol. The van der Waals surface area contributed by atoms with E-state index in [1.54, 1.807) is 10.9 Å². The fourth-order valence-corrected chi connectivity index (χ4v) is 2.67. The van der Waals surface area contributed by atoms with Crippen molar-refractivity contribution in [3.63, 3.8) is 0 Å². The molecule has 0 N–H and O–H groups in total. The van der Waals surface area contributed by atoms with Gasteiger partial charge in [0.1, 0.15) is 0 Å². The van der Waals surface area contributed by atoms with Gasteiger partial charge in [-0.2, -0.15) is 9.78 Å². The highest BCUT2D eigenvalue weighted by Crippen LogP contribution is 2.16. The predicted molar refractivity (Wildman–Crippen MR) is 95.5 cm³/mol. The Morgan fingerprint density at radius 3 is 2.52 bits per heavy atom. The van der Waals surface area contributed by atoms with E-state index in [2.05, 4.69) is 27.4 Å². The molecule has 23 heavy (non-hydrogen) atoms. The van der Waals surface area contributed by atoms with Gasteiger partial charge in [0.15, 0.2) is 5.82 Å². The number of hydrogen-bond acceptors (Lipinski definition) is 4. The molecule has 0 fully saturated rings. The van der Waals surface area contributed by atoms with Crippen LogP contribution in [0.5, 0.6) is 0 Å². The summed E-state index contributed by atoms with van der Waals surface area (Å²) in [6.45, 7) is 0. The highest BCUT2D eigenvalue weighted by atomic mass is 35.5. The minimum absolute atomic E-state index is 0.687. The van der Waals surface area contributed by atoms with Crippen molar-refractivity contribution in [3.05, 3.63) is 76.6 Å². The maximum absolute atomic E-state index is 5.90. The molecular formula is C17H15ClN4S. The van der Waals surface area contributed by atoms with Crippen molar-refractivity contribution in [2.45, 2.75) is 11.6 Å². The molecule has 0 bridgehead atoms. The molecule has 3 aromatic rings. The van der Waals surface area contributed by atoms with Crippen LogP contribution in [-0.4, -0.2) is 27.3 Å². The smallest absolute Gasteiger partial charge is 0.191 e. The number of rotatable bonds is 5. The van der Waals surface area contributed by atoms with Gasteiger partial charge in [0.2, 0.25) is 5.16 Å². The van der Waals surface area contributed by atoms with Gasteiger partial charge in [-0.15, -0.1) is 10.2 Å². The van der Waals surface area contributed by atoms with Gasteiger partial charge in [-0.05, 0) is 29.5 Å². The summed E-state index contributed by atoms with van der Waals surface area (Å²) < 4.78 is 1.78. The lowest BCUT2D eigenvalue weighted by molar-refractivity contribution is 0.730. The van der Waals surface area contributed by atoms with E-state index in [4.69, 9.17) is 11.6 Å². The largest absolute Gasteiger partial charge is 0.211 e. The number of aromatic nitrogens is 3. The normalized spacial score (nSPS) is 11.2. The van der Waals surface area contributed by atoms with E-state index < -0.39 is 0 Å². The van der Waals surface area contributed by atoms with Crippen LogP contribution in [0.25, 0.3) is 0 Å². The summed E-state index contributed by atoms with van der Waals surface area (Å²) >= 11 is 7.42. The van der Waals surface area contributed by atoms with Gasteiger partial charge in [0, 0.05) is 11.4 Å². The van der Waals surface area contributed by atoms with Crippen LogP contribution in [-0.2, 0) is 6.42 Å². The van der Waals surface area contributed by atoms with E-state index in [0.717, 1.165) is 16.5 Å². The number of nitrogens with zero attached hydrogens (tertiary/aromatic N) is 4. The molecule has 2 aromatic carbocycles. The third kappa shape index (κ3) is 4.00. The predicted octanol–water partition coefficient (Wildman–Crippen LogP) is 4.13. The Bertz CT molecular complexity index is 797. The summed E-state index contributed by atoms with van der Waals surface area (Å²) in [5.74, 6) is 0.811. The molecule has 3 rings (SSSR count). The summed E-state index contributed by atoms with van der Waals surface area (Å²) in [5.41, 5.74) is 2.15. The molecule has 1 aromatic heterocycles. The molecule has 4 nitrogen and oxygen atoms in total. The van der Waals surface area contributed by atoms with Gasteiger partial charge in [-0.1, -0.05) is 65.8 Å². The van der Waals surface area contributed by atoms with Crippen LogP contribution >= 0.6 is 23.4 Å². The van der Waals surface area contributed by atoms with Crippen LogP contribution in [0.4, 0.5) is 0 Å². The Labute approximate surface area is 144 Å². The van der Waals surface area contributed by atoms with Crippen molar-refractivity contribution in [3.8, 4) is 0 Å². The molecule has 0 spiro atoms. The van der Waals surface area contributed by atoms with Gasteiger partial charge >= 0.3 is 0 Å². The first-order chi connectivity index (χ1) is 11.3. The molecule has 0 amide bonds. The highest BCUT2D eigenvalue weighted by molar-refractivity contribution is 7.98. The van der Waals surface area contributed by atoms with E-state index in [0.29, 0.717) is 11.4 Å². The first kappa shape index (κ1) is 15.8. The zero-order valence-corrected chi connectivity index (χ0v) is 14.1. The lowest BCUT2D eigenvalue weighted by Crippen LogP contribution is -2.01. The Hall–Kier alpha value is -2.11. The quantitative estimate of drug-likeness (QED) is 0.517. The van der Waals surface area contributed by atoms with Crippen molar-refractivity contribution < 1.29 is 0 Å². The van der Waals surface area contributed by atoms with Crippen molar-refractivity contribution in [1.82, 2.24) is 14.9 Å². The lowest BCUT2D eigenvalue weighted by atomic mass is 10.1. The van der Waals surface area contributed by atoms with Crippen LogP contribution < -0.4 is 0 Å². The van der Waals surface area contributed by atoms with Gasteiger partial charge < -0.3 is 0 Å². The summed E-state index contributed by atoms with van der Waals surface area (Å²) in [5, 5.41) is 14.5. The van der Waals surface area contributed by atoms with E-state index in [-0.39, 0.29) is 0 Å². The highest BCUT2D eigenvalue weighted by Gasteiger charge is 2.11. The van der Waals surface area contributed by atoms with E-state index in [1.807, 2.05) is 48.7 Å². The van der Waals surface area contributed by atoms with E-state index >= 15 is 0 Å². The van der Waals surface area contributed by atoms with Crippen LogP contribution in [0.3, 0.4) is 0 Å². The van der Waals surface area contributed by atoms with Crippen molar-refractivity contribution >= 4 is 29.6 Å². The van der Waals surface area contributed by atoms with Crippen LogP contribution in [0.15, 0.2) is 64.9 Å². The van der Waals surface area contributed by atoms with E-state index in [1.165, 1.54) is 17.3 Å².